The Balaban J connectivity index is 2.22. The summed E-state index contributed by atoms with van der Waals surface area (Å²) < 4.78 is 5.29. The molecule has 1 atom stereocenters. The number of carbonyl (C=O) groups is 1. The molecule has 0 heterocycles. The minimum Gasteiger partial charge on any atom is -0.426 e. The van der Waals surface area contributed by atoms with Gasteiger partial charge in [-0.2, -0.15) is 0 Å². The molecule has 0 radical (unpaired) electrons. The van der Waals surface area contributed by atoms with Gasteiger partial charge < -0.3 is 4.74 Å². The lowest BCUT2D eigenvalue weighted by Crippen LogP contribution is -2.19. The lowest BCUT2D eigenvalue weighted by molar-refractivity contribution is -0.133. The van der Waals surface area contributed by atoms with Crippen LogP contribution < -0.4 is 4.74 Å². The van der Waals surface area contributed by atoms with Gasteiger partial charge in [-0.25, -0.2) is 0 Å². The van der Waals surface area contributed by atoms with Crippen molar-refractivity contribution < 1.29 is 9.53 Å². The molecule has 0 saturated carbocycles. The van der Waals surface area contributed by atoms with Gasteiger partial charge in [0, 0.05) is 0 Å². The lowest BCUT2D eigenvalue weighted by atomic mass is 10.1. The molecular weight excluding hydrogens is 280 g/mol. The molecule has 0 amide bonds. The average molecular weight is 293 g/mol. The van der Waals surface area contributed by atoms with E-state index in [2.05, 4.69) is 15.9 Å². The van der Waals surface area contributed by atoms with Crippen molar-refractivity contribution in [3.05, 3.63) is 42.5 Å². The van der Waals surface area contributed by atoms with Gasteiger partial charge >= 0.3 is 5.97 Å². The number of fused-ring (bicyclic) bond motifs is 1. The van der Waals surface area contributed by atoms with Crippen LogP contribution in [0.15, 0.2) is 42.5 Å². The Morgan fingerprint density at radius 2 is 1.94 bits per heavy atom. The van der Waals surface area contributed by atoms with Gasteiger partial charge in [-0.3, -0.25) is 4.79 Å². The monoisotopic (exact) mass is 292 g/mol. The summed E-state index contributed by atoms with van der Waals surface area (Å²) in [6.07, 6.45) is 0.715. The van der Waals surface area contributed by atoms with E-state index >= 15 is 0 Å². The van der Waals surface area contributed by atoms with E-state index in [1.807, 2.05) is 49.4 Å². The number of alkyl halides is 1. The van der Waals surface area contributed by atoms with Crippen molar-refractivity contribution in [1.29, 1.82) is 0 Å². The van der Waals surface area contributed by atoms with Crippen molar-refractivity contribution in [2.75, 3.05) is 0 Å². The molecule has 0 N–H and O–H groups in total. The summed E-state index contributed by atoms with van der Waals surface area (Å²) in [6.45, 7) is 1.93. The highest BCUT2D eigenvalue weighted by molar-refractivity contribution is 9.10. The molecule has 0 aromatic heterocycles. The van der Waals surface area contributed by atoms with Crippen LogP contribution in [0.4, 0.5) is 0 Å². The summed E-state index contributed by atoms with van der Waals surface area (Å²) in [7, 11) is 0. The Hall–Kier alpha value is -1.35. The Morgan fingerprint density at radius 1 is 1.24 bits per heavy atom. The van der Waals surface area contributed by atoms with Crippen molar-refractivity contribution in [1.82, 2.24) is 0 Å². The first-order valence-electron chi connectivity index (χ1n) is 5.55. The summed E-state index contributed by atoms with van der Waals surface area (Å²) in [4.78, 5) is 11.4. The van der Waals surface area contributed by atoms with Crippen LogP contribution in [-0.4, -0.2) is 10.8 Å². The second-order valence-electron chi connectivity index (χ2n) is 3.81. The van der Waals surface area contributed by atoms with Crippen molar-refractivity contribution in [3.8, 4) is 5.75 Å². The predicted octanol–water partition coefficient (Wildman–Crippen LogP) is 3.92. The Morgan fingerprint density at radius 3 is 2.65 bits per heavy atom. The molecular formula is C14H13BrO2. The summed E-state index contributed by atoms with van der Waals surface area (Å²) in [6, 6.07) is 13.6. The fourth-order valence-corrected chi connectivity index (χ4v) is 1.67. The van der Waals surface area contributed by atoms with Crippen LogP contribution in [-0.2, 0) is 4.79 Å². The maximum Gasteiger partial charge on any atom is 0.325 e. The predicted molar refractivity (Wildman–Crippen MR) is 72.6 cm³/mol. The van der Waals surface area contributed by atoms with E-state index in [1.165, 1.54) is 0 Å². The maximum absolute atomic E-state index is 11.6. The third-order valence-electron chi connectivity index (χ3n) is 2.55. The van der Waals surface area contributed by atoms with Gasteiger partial charge in [0.2, 0.25) is 0 Å². The number of rotatable bonds is 3. The number of esters is 1. The lowest BCUT2D eigenvalue weighted by Gasteiger charge is -2.08. The Labute approximate surface area is 109 Å². The molecule has 0 aliphatic heterocycles. The first-order valence-corrected chi connectivity index (χ1v) is 6.47. The van der Waals surface area contributed by atoms with Crippen molar-refractivity contribution in [3.63, 3.8) is 0 Å². The van der Waals surface area contributed by atoms with Gasteiger partial charge in [-0.05, 0) is 29.3 Å². The van der Waals surface area contributed by atoms with E-state index in [1.54, 1.807) is 0 Å². The van der Waals surface area contributed by atoms with E-state index in [9.17, 15) is 4.79 Å². The zero-order chi connectivity index (χ0) is 12.3. The summed E-state index contributed by atoms with van der Waals surface area (Å²) in [5.41, 5.74) is 0. The van der Waals surface area contributed by atoms with Crippen molar-refractivity contribution in [2.24, 2.45) is 0 Å². The van der Waals surface area contributed by atoms with E-state index in [0.29, 0.717) is 12.2 Å². The smallest absolute Gasteiger partial charge is 0.325 e. The first-order chi connectivity index (χ1) is 8.20. The molecule has 2 nitrogen and oxygen atoms in total. The second kappa shape index (κ2) is 5.32. The highest BCUT2D eigenvalue weighted by Crippen LogP contribution is 2.21. The molecule has 0 aliphatic rings. The molecule has 0 spiro atoms. The molecule has 17 heavy (non-hydrogen) atoms. The molecule has 3 heteroatoms. The summed E-state index contributed by atoms with van der Waals surface area (Å²) in [5.74, 6) is 0.342. The number of hydrogen-bond donors (Lipinski definition) is 0. The van der Waals surface area contributed by atoms with Gasteiger partial charge in [-0.15, -0.1) is 0 Å². The van der Waals surface area contributed by atoms with Crippen LogP contribution in [0.5, 0.6) is 5.75 Å². The van der Waals surface area contributed by atoms with E-state index in [-0.39, 0.29) is 10.8 Å². The topological polar surface area (TPSA) is 26.3 Å². The van der Waals surface area contributed by atoms with Crippen LogP contribution in [0.25, 0.3) is 10.8 Å². The first kappa shape index (κ1) is 12.1. The molecule has 0 bridgehead atoms. The van der Waals surface area contributed by atoms with Crippen LogP contribution in [0.2, 0.25) is 0 Å². The minimum atomic E-state index is -0.247. The normalized spacial score (nSPS) is 12.4. The van der Waals surface area contributed by atoms with Crippen LogP contribution in [0, 0.1) is 0 Å². The molecule has 0 fully saturated rings. The zero-order valence-corrected chi connectivity index (χ0v) is 11.1. The van der Waals surface area contributed by atoms with Gasteiger partial charge in [-0.1, -0.05) is 53.2 Å². The number of halogens is 1. The third-order valence-corrected chi connectivity index (χ3v) is 3.57. The van der Waals surface area contributed by atoms with Crippen LogP contribution in [0.1, 0.15) is 13.3 Å². The molecule has 0 saturated heterocycles. The van der Waals surface area contributed by atoms with Gasteiger partial charge in [0.05, 0.1) is 0 Å². The molecule has 2 aromatic rings. The number of carbonyl (C=O) groups excluding carboxylic acids is 1. The maximum atomic E-state index is 11.6. The van der Waals surface area contributed by atoms with E-state index in [0.717, 1.165) is 10.8 Å². The van der Waals surface area contributed by atoms with Crippen LogP contribution >= 0.6 is 15.9 Å². The average Bonchev–Trinajstić information content (AvgIpc) is 2.37. The molecule has 2 aromatic carbocycles. The number of hydrogen-bond acceptors (Lipinski definition) is 2. The number of benzene rings is 2. The Kier molecular flexibility index (Phi) is 3.79. The Bertz CT molecular complexity index is 536. The van der Waals surface area contributed by atoms with E-state index in [4.69, 9.17) is 4.74 Å². The second-order valence-corrected chi connectivity index (χ2v) is 4.91. The summed E-state index contributed by atoms with van der Waals surface area (Å²) in [5, 5.41) is 2.21. The molecule has 0 aliphatic carbocycles. The van der Waals surface area contributed by atoms with Crippen molar-refractivity contribution >= 4 is 32.7 Å². The van der Waals surface area contributed by atoms with Crippen LogP contribution in [0.3, 0.4) is 0 Å². The quantitative estimate of drug-likeness (QED) is 0.487. The molecule has 1 unspecified atom stereocenters. The van der Waals surface area contributed by atoms with Crippen molar-refractivity contribution in [2.45, 2.75) is 18.2 Å². The summed E-state index contributed by atoms with van der Waals surface area (Å²) >= 11 is 3.27. The zero-order valence-electron chi connectivity index (χ0n) is 9.52. The largest absolute Gasteiger partial charge is 0.426 e. The fraction of sp³-hybridized carbons (Fsp3) is 0.214. The standard InChI is InChI=1S/C14H13BrO2/c1-2-13(15)14(16)17-12-8-7-10-5-3-4-6-11(10)9-12/h3-9,13H,2H2,1H3. The number of ether oxygens (including phenoxy) is 1. The van der Waals surface area contributed by atoms with E-state index < -0.39 is 0 Å². The SMILES string of the molecule is CCC(Br)C(=O)Oc1ccc2ccccc2c1. The molecule has 2 rings (SSSR count). The van der Waals surface area contributed by atoms with Gasteiger partial charge in [0.25, 0.3) is 0 Å². The highest BCUT2D eigenvalue weighted by atomic mass is 79.9. The van der Waals surface area contributed by atoms with Gasteiger partial charge in [0.1, 0.15) is 10.6 Å². The highest BCUT2D eigenvalue weighted by Gasteiger charge is 2.14. The van der Waals surface area contributed by atoms with Gasteiger partial charge in [0.15, 0.2) is 0 Å². The third kappa shape index (κ3) is 2.86. The molecule has 88 valence electrons. The fourth-order valence-electron chi connectivity index (χ4n) is 1.58. The minimum absolute atomic E-state index is 0.242.